The van der Waals surface area contributed by atoms with Gasteiger partial charge in [-0.1, -0.05) is 170 Å². The number of aromatic nitrogens is 1. The van der Waals surface area contributed by atoms with Gasteiger partial charge in [-0.15, -0.1) is 0 Å². The number of fused-ring (bicyclic) bond motifs is 5. The molecule has 0 aliphatic heterocycles. The van der Waals surface area contributed by atoms with Crippen LogP contribution in [0, 0.1) is 0 Å². The van der Waals surface area contributed by atoms with Gasteiger partial charge < -0.3 is 9.47 Å². The van der Waals surface area contributed by atoms with E-state index in [1.54, 1.807) is 0 Å². The van der Waals surface area contributed by atoms with Gasteiger partial charge in [0.1, 0.15) is 0 Å². The Morgan fingerprint density at radius 1 is 0.315 bits per heavy atom. The summed E-state index contributed by atoms with van der Waals surface area (Å²) < 4.78 is 2.46. The monoisotopic (exact) mass is 688 g/mol. The number of nitrogens with zero attached hydrogens (tertiary/aromatic N) is 2. The molecule has 0 fully saturated rings. The van der Waals surface area contributed by atoms with Crippen LogP contribution in [0.5, 0.6) is 0 Å². The quantitative estimate of drug-likeness (QED) is 0.162. The zero-order chi connectivity index (χ0) is 35.8. The van der Waals surface area contributed by atoms with E-state index in [4.69, 9.17) is 0 Å². The highest BCUT2D eigenvalue weighted by Crippen LogP contribution is 2.41. The van der Waals surface area contributed by atoms with Gasteiger partial charge in [0.05, 0.1) is 16.7 Å². The molecule has 1 aromatic heterocycles. The molecule has 0 radical (unpaired) electrons. The van der Waals surface area contributed by atoms with E-state index in [0.717, 1.165) is 28.3 Å². The summed E-state index contributed by atoms with van der Waals surface area (Å²) in [4.78, 5) is 2.36. The lowest BCUT2D eigenvalue weighted by atomic mass is 10.0. The predicted octanol–water partition coefficient (Wildman–Crippen LogP) is 14.4. The number of hydrogen-bond acceptors (Lipinski definition) is 1. The van der Waals surface area contributed by atoms with Crippen molar-refractivity contribution in [3.8, 4) is 39.1 Å². The van der Waals surface area contributed by atoms with Gasteiger partial charge in [0.15, 0.2) is 0 Å². The molecule has 0 N–H and O–H groups in total. The topological polar surface area (TPSA) is 8.17 Å². The average molecular weight is 689 g/mol. The number of para-hydroxylation sites is 2. The Balaban J connectivity index is 1.10. The Bertz CT molecular complexity index is 2910. The standard InChI is InChI=1S/C52H36N2/c1-3-14-37(15-4-1)39-26-31-43(32-27-39)53(45-20-13-19-42(36-45)38-16-5-2-6-17-38)44-33-28-41(29-34-44)46-21-9-11-24-50(46)54-51-25-12-10-23-48(51)49-35-30-40-18-7-8-22-47(40)52(49)54/h1-36H. The summed E-state index contributed by atoms with van der Waals surface area (Å²) in [5.41, 5.74) is 14.0. The number of hydrogen-bond donors (Lipinski definition) is 0. The van der Waals surface area contributed by atoms with E-state index in [2.05, 4.69) is 228 Å². The minimum atomic E-state index is 1.09. The lowest BCUT2D eigenvalue weighted by Crippen LogP contribution is -2.10. The van der Waals surface area contributed by atoms with Gasteiger partial charge in [0.2, 0.25) is 0 Å². The lowest BCUT2D eigenvalue weighted by Gasteiger charge is -2.26. The molecule has 0 atom stereocenters. The molecule has 10 aromatic rings. The maximum Gasteiger partial charge on any atom is 0.0619 e. The third-order valence-corrected chi connectivity index (χ3v) is 10.6. The molecule has 2 heteroatoms. The van der Waals surface area contributed by atoms with E-state index in [-0.39, 0.29) is 0 Å². The van der Waals surface area contributed by atoms with Crippen molar-refractivity contribution in [2.75, 3.05) is 4.90 Å². The molecule has 0 bridgehead atoms. The Hall–Kier alpha value is -7.16. The minimum Gasteiger partial charge on any atom is -0.310 e. The highest BCUT2D eigenvalue weighted by atomic mass is 15.1. The lowest BCUT2D eigenvalue weighted by molar-refractivity contribution is 1.19. The highest BCUT2D eigenvalue weighted by molar-refractivity contribution is 6.18. The number of anilines is 3. The molecule has 0 aliphatic rings. The molecule has 0 saturated heterocycles. The first-order chi connectivity index (χ1) is 26.8. The first kappa shape index (κ1) is 31.6. The third-order valence-electron chi connectivity index (χ3n) is 10.6. The van der Waals surface area contributed by atoms with E-state index in [9.17, 15) is 0 Å². The van der Waals surface area contributed by atoms with Crippen molar-refractivity contribution in [2.45, 2.75) is 0 Å². The van der Waals surface area contributed by atoms with Crippen LogP contribution in [0.1, 0.15) is 0 Å². The van der Waals surface area contributed by atoms with E-state index in [1.807, 2.05) is 0 Å². The molecule has 254 valence electrons. The van der Waals surface area contributed by atoms with Crippen LogP contribution in [0.2, 0.25) is 0 Å². The van der Waals surface area contributed by atoms with Crippen LogP contribution in [-0.4, -0.2) is 4.57 Å². The molecule has 2 nitrogen and oxygen atoms in total. The fourth-order valence-corrected chi connectivity index (χ4v) is 8.02. The molecule has 0 amide bonds. The van der Waals surface area contributed by atoms with E-state index in [1.165, 1.54) is 60.4 Å². The van der Waals surface area contributed by atoms with Crippen molar-refractivity contribution in [2.24, 2.45) is 0 Å². The van der Waals surface area contributed by atoms with E-state index in [0.29, 0.717) is 0 Å². The SMILES string of the molecule is c1ccc(-c2ccc(N(c3ccc(-c4ccccc4-n4c5ccccc5c5ccc6ccccc6c54)cc3)c3cccc(-c4ccccc4)c3)cc2)cc1. The first-order valence-electron chi connectivity index (χ1n) is 18.5. The van der Waals surface area contributed by atoms with Crippen molar-refractivity contribution in [1.82, 2.24) is 4.57 Å². The van der Waals surface area contributed by atoms with Gasteiger partial charge in [-0.2, -0.15) is 0 Å². The minimum absolute atomic E-state index is 1.09. The molecular formula is C52H36N2. The molecule has 54 heavy (non-hydrogen) atoms. The van der Waals surface area contributed by atoms with Crippen LogP contribution in [0.15, 0.2) is 218 Å². The van der Waals surface area contributed by atoms with Gasteiger partial charge in [0.25, 0.3) is 0 Å². The van der Waals surface area contributed by atoms with E-state index >= 15 is 0 Å². The van der Waals surface area contributed by atoms with Crippen molar-refractivity contribution < 1.29 is 0 Å². The van der Waals surface area contributed by atoms with E-state index < -0.39 is 0 Å². The van der Waals surface area contributed by atoms with Crippen LogP contribution in [-0.2, 0) is 0 Å². The van der Waals surface area contributed by atoms with Crippen LogP contribution in [0.3, 0.4) is 0 Å². The molecule has 9 aromatic carbocycles. The molecule has 0 unspecified atom stereocenters. The normalized spacial score (nSPS) is 11.3. The molecule has 0 spiro atoms. The number of rotatable bonds is 7. The fraction of sp³-hybridized carbons (Fsp3) is 0. The molecule has 0 saturated carbocycles. The van der Waals surface area contributed by atoms with Gasteiger partial charge in [-0.05, 0) is 81.7 Å². The summed E-state index contributed by atoms with van der Waals surface area (Å²) in [7, 11) is 0. The first-order valence-corrected chi connectivity index (χ1v) is 18.5. The second kappa shape index (κ2) is 13.4. The maximum absolute atomic E-state index is 2.46. The van der Waals surface area contributed by atoms with Crippen molar-refractivity contribution in [3.05, 3.63) is 218 Å². The Morgan fingerprint density at radius 3 is 1.61 bits per heavy atom. The fourth-order valence-electron chi connectivity index (χ4n) is 8.02. The Labute approximate surface area is 315 Å². The summed E-state index contributed by atoms with van der Waals surface area (Å²) in [6.07, 6.45) is 0. The third kappa shape index (κ3) is 5.53. The summed E-state index contributed by atoms with van der Waals surface area (Å²) in [6.45, 7) is 0. The van der Waals surface area contributed by atoms with Gasteiger partial charge >= 0.3 is 0 Å². The zero-order valence-electron chi connectivity index (χ0n) is 29.7. The largest absolute Gasteiger partial charge is 0.310 e. The maximum atomic E-state index is 2.46. The predicted molar refractivity (Wildman–Crippen MR) is 229 cm³/mol. The smallest absolute Gasteiger partial charge is 0.0619 e. The van der Waals surface area contributed by atoms with Crippen molar-refractivity contribution in [1.29, 1.82) is 0 Å². The molecular weight excluding hydrogens is 653 g/mol. The van der Waals surface area contributed by atoms with Gasteiger partial charge in [-0.25, -0.2) is 0 Å². The van der Waals surface area contributed by atoms with Crippen LogP contribution in [0.25, 0.3) is 71.6 Å². The highest BCUT2D eigenvalue weighted by Gasteiger charge is 2.19. The second-order valence-corrected chi connectivity index (χ2v) is 13.8. The van der Waals surface area contributed by atoms with Gasteiger partial charge in [-0.3, -0.25) is 0 Å². The van der Waals surface area contributed by atoms with Crippen LogP contribution < -0.4 is 4.90 Å². The number of benzene rings is 9. The summed E-state index contributed by atoms with van der Waals surface area (Å²) in [5.74, 6) is 0. The zero-order valence-corrected chi connectivity index (χ0v) is 29.7. The summed E-state index contributed by atoms with van der Waals surface area (Å²) in [6, 6.07) is 78.8. The summed E-state index contributed by atoms with van der Waals surface area (Å²) in [5, 5.41) is 5.02. The van der Waals surface area contributed by atoms with Gasteiger partial charge in [0, 0.05) is 38.8 Å². The Morgan fingerprint density at radius 2 is 0.870 bits per heavy atom. The van der Waals surface area contributed by atoms with Crippen molar-refractivity contribution in [3.63, 3.8) is 0 Å². The average Bonchev–Trinajstić information content (AvgIpc) is 3.60. The molecule has 0 aliphatic carbocycles. The second-order valence-electron chi connectivity index (χ2n) is 13.8. The summed E-state index contributed by atoms with van der Waals surface area (Å²) >= 11 is 0. The van der Waals surface area contributed by atoms with Crippen LogP contribution >= 0.6 is 0 Å². The Kier molecular flexibility index (Phi) is 7.85. The molecule has 1 heterocycles. The van der Waals surface area contributed by atoms with Crippen LogP contribution in [0.4, 0.5) is 17.1 Å². The van der Waals surface area contributed by atoms with Crippen molar-refractivity contribution >= 4 is 49.6 Å². The molecule has 10 rings (SSSR count).